The van der Waals surface area contributed by atoms with Gasteiger partial charge >= 0.3 is 0 Å². The summed E-state index contributed by atoms with van der Waals surface area (Å²) < 4.78 is 1.84. The van der Waals surface area contributed by atoms with Gasteiger partial charge in [0.1, 0.15) is 5.82 Å². The maximum atomic E-state index is 5.98. The van der Waals surface area contributed by atoms with Crippen molar-refractivity contribution < 1.29 is 0 Å². The van der Waals surface area contributed by atoms with Crippen molar-refractivity contribution in [3.63, 3.8) is 0 Å². The van der Waals surface area contributed by atoms with Crippen LogP contribution in [0.25, 0.3) is 0 Å². The lowest BCUT2D eigenvalue weighted by Crippen LogP contribution is -2.08. The van der Waals surface area contributed by atoms with Crippen LogP contribution in [0.5, 0.6) is 0 Å². The van der Waals surface area contributed by atoms with Gasteiger partial charge in [0, 0.05) is 12.1 Å². The second kappa shape index (κ2) is 4.57. The van der Waals surface area contributed by atoms with Crippen molar-refractivity contribution in [1.29, 1.82) is 0 Å². The van der Waals surface area contributed by atoms with Crippen LogP contribution in [0, 0.1) is 0 Å². The smallest absolute Gasteiger partial charge is 0.225 e. The van der Waals surface area contributed by atoms with Gasteiger partial charge in [-0.1, -0.05) is 13.8 Å². The molecule has 0 bridgehead atoms. The Morgan fingerprint density at radius 3 is 2.75 bits per heavy atom. The Labute approximate surface area is 98.5 Å². The summed E-state index contributed by atoms with van der Waals surface area (Å²) in [6.45, 7) is 4.65. The van der Waals surface area contributed by atoms with E-state index in [1.165, 1.54) is 0 Å². The third-order valence-corrected chi connectivity index (χ3v) is 2.48. The van der Waals surface area contributed by atoms with Crippen LogP contribution in [-0.2, 0) is 6.54 Å². The fraction of sp³-hybridized carbons (Fsp3) is 0.400. The topological polar surface area (TPSA) is 56.5 Å². The van der Waals surface area contributed by atoms with Crippen LogP contribution < -0.4 is 0 Å². The van der Waals surface area contributed by atoms with Crippen LogP contribution >= 0.6 is 11.6 Å². The lowest BCUT2D eigenvalue weighted by molar-refractivity contribution is 0.655. The van der Waals surface area contributed by atoms with Crippen molar-refractivity contribution >= 4 is 11.6 Å². The molecule has 6 heteroatoms. The molecule has 2 rings (SSSR count). The molecule has 2 aromatic rings. The number of rotatable bonds is 3. The van der Waals surface area contributed by atoms with E-state index >= 15 is 0 Å². The first-order chi connectivity index (χ1) is 7.68. The maximum absolute atomic E-state index is 5.98. The molecule has 0 aromatic carbocycles. The molecule has 5 nitrogen and oxygen atoms in total. The SMILES string of the molecule is CC(C)c1nnc(Cl)n1Cc1cccnn1. The van der Waals surface area contributed by atoms with Crippen LogP contribution in [0.2, 0.25) is 5.28 Å². The van der Waals surface area contributed by atoms with Gasteiger partial charge < -0.3 is 0 Å². The second-order valence-corrected chi connectivity index (χ2v) is 4.12. The van der Waals surface area contributed by atoms with Gasteiger partial charge in [0.15, 0.2) is 0 Å². The van der Waals surface area contributed by atoms with Gasteiger partial charge in [-0.25, -0.2) is 0 Å². The van der Waals surface area contributed by atoms with Crippen molar-refractivity contribution in [3.05, 3.63) is 35.1 Å². The van der Waals surface area contributed by atoms with Crippen molar-refractivity contribution in [1.82, 2.24) is 25.0 Å². The highest BCUT2D eigenvalue weighted by atomic mass is 35.5. The Morgan fingerprint density at radius 1 is 1.31 bits per heavy atom. The zero-order valence-corrected chi connectivity index (χ0v) is 9.89. The van der Waals surface area contributed by atoms with Gasteiger partial charge in [-0.15, -0.1) is 10.2 Å². The Bertz CT molecular complexity index is 465. The van der Waals surface area contributed by atoms with Crippen LogP contribution in [0.15, 0.2) is 18.3 Å². The third-order valence-electron chi connectivity index (χ3n) is 2.20. The first kappa shape index (κ1) is 11.0. The van der Waals surface area contributed by atoms with Gasteiger partial charge in [-0.2, -0.15) is 10.2 Å². The highest BCUT2D eigenvalue weighted by molar-refractivity contribution is 6.28. The van der Waals surface area contributed by atoms with E-state index in [1.807, 2.05) is 30.5 Å². The molecule has 0 amide bonds. The zero-order valence-electron chi connectivity index (χ0n) is 9.13. The minimum atomic E-state index is 0.275. The molecule has 0 atom stereocenters. The molecule has 0 radical (unpaired) electrons. The Kier molecular flexibility index (Phi) is 3.14. The predicted molar refractivity (Wildman–Crippen MR) is 60.3 cm³/mol. The van der Waals surface area contributed by atoms with Gasteiger partial charge in [0.25, 0.3) is 0 Å². The van der Waals surface area contributed by atoms with E-state index in [4.69, 9.17) is 11.6 Å². The standard InChI is InChI=1S/C10H12ClN5/c1-7(2)9-14-15-10(11)16(9)6-8-4-3-5-12-13-8/h3-5,7H,6H2,1-2H3. The molecule has 2 heterocycles. The number of nitrogens with zero attached hydrogens (tertiary/aromatic N) is 5. The molecule has 2 aromatic heterocycles. The average Bonchev–Trinajstić information content (AvgIpc) is 2.62. The van der Waals surface area contributed by atoms with Gasteiger partial charge in [-0.3, -0.25) is 4.57 Å². The van der Waals surface area contributed by atoms with Gasteiger partial charge in [0.2, 0.25) is 5.28 Å². The third kappa shape index (κ3) is 2.19. The summed E-state index contributed by atoms with van der Waals surface area (Å²) in [5, 5.41) is 16.1. The summed E-state index contributed by atoms with van der Waals surface area (Å²) >= 11 is 5.98. The Balaban J connectivity index is 2.31. The predicted octanol–water partition coefficient (Wildman–Crippen LogP) is 1.89. The molecule has 0 aliphatic heterocycles. The van der Waals surface area contributed by atoms with E-state index in [2.05, 4.69) is 20.4 Å². The lowest BCUT2D eigenvalue weighted by Gasteiger charge is -2.08. The molecule has 0 unspecified atom stereocenters. The number of hydrogen-bond donors (Lipinski definition) is 0. The lowest BCUT2D eigenvalue weighted by atomic mass is 10.2. The van der Waals surface area contributed by atoms with Crippen LogP contribution in [-0.4, -0.2) is 25.0 Å². The summed E-state index contributed by atoms with van der Waals surface area (Å²) in [5.74, 6) is 1.13. The van der Waals surface area contributed by atoms with Gasteiger partial charge in [0.05, 0.1) is 12.2 Å². The molecular weight excluding hydrogens is 226 g/mol. The van der Waals surface area contributed by atoms with Crippen molar-refractivity contribution in [2.45, 2.75) is 26.3 Å². The number of aromatic nitrogens is 5. The largest absolute Gasteiger partial charge is 0.295 e. The first-order valence-electron chi connectivity index (χ1n) is 5.03. The average molecular weight is 238 g/mol. The summed E-state index contributed by atoms with van der Waals surface area (Å²) in [6, 6.07) is 3.74. The van der Waals surface area contributed by atoms with Crippen LogP contribution in [0.3, 0.4) is 0 Å². The number of halogens is 1. The molecule has 16 heavy (non-hydrogen) atoms. The van der Waals surface area contributed by atoms with E-state index in [1.54, 1.807) is 6.20 Å². The molecule has 0 fully saturated rings. The van der Waals surface area contributed by atoms with E-state index in [9.17, 15) is 0 Å². The van der Waals surface area contributed by atoms with Crippen molar-refractivity contribution in [3.8, 4) is 0 Å². The summed E-state index contributed by atoms with van der Waals surface area (Å²) in [4.78, 5) is 0. The zero-order chi connectivity index (χ0) is 11.5. The van der Waals surface area contributed by atoms with Gasteiger partial charge in [-0.05, 0) is 23.7 Å². The minimum Gasteiger partial charge on any atom is -0.295 e. The molecular formula is C10H12ClN5. The normalized spacial score (nSPS) is 11.0. The van der Waals surface area contributed by atoms with E-state index < -0.39 is 0 Å². The second-order valence-electron chi connectivity index (χ2n) is 3.78. The van der Waals surface area contributed by atoms with E-state index in [0.29, 0.717) is 11.8 Å². The monoisotopic (exact) mass is 237 g/mol. The fourth-order valence-electron chi connectivity index (χ4n) is 1.45. The summed E-state index contributed by atoms with van der Waals surface area (Å²) in [7, 11) is 0. The van der Waals surface area contributed by atoms with Crippen LogP contribution in [0.4, 0.5) is 0 Å². The quantitative estimate of drug-likeness (QED) is 0.818. The maximum Gasteiger partial charge on any atom is 0.225 e. The summed E-state index contributed by atoms with van der Waals surface area (Å²) in [6.07, 6.45) is 1.64. The molecule has 0 aliphatic rings. The molecule has 0 spiro atoms. The Morgan fingerprint density at radius 2 is 2.12 bits per heavy atom. The highest BCUT2D eigenvalue weighted by Gasteiger charge is 2.13. The Hall–Kier alpha value is -1.49. The molecule has 0 aliphatic carbocycles. The van der Waals surface area contributed by atoms with Crippen molar-refractivity contribution in [2.75, 3.05) is 0 Å². The molecule has 0 saturated carbocycles. The van der Waals surface area contributed by atoms with E-state index in [-0.39, 0.29) is 5.92 Å². The first-order valence-corrected chi connectivity index (χ1v) is 5.41. The highest BCUT2D eigenvalue weighted by Crippen LogP contribution is 2.17. The summed E-state index contributed by atoms with van der Waals surface area (Å²) in [5.41, 5.74) is 0.839. The van der Waals surface area contributed by atoms with Crippen LogP contribution in [0.1, 0.15) is 31.3 Å². The molecule has 0 saturated heterocycles. The fourth-order valence-corrected chi connectivity index (χ4v) is 1.63. The number of hydrogen-bond acceptors (Lipinski definition) is 4. The van der Waals surface area contributed by atoms with Crippen molar-refractivity contribution in [2.24, 2.45) is 0 Å². The minimum absolute atomic E-state index is 0.275. The van der Waals surface area contributed by atoms with E-state index in [0.717, 1.165) is 11.5 Å². The molecule has 84 valence electrons. The molecule has 0 N–H and O–H groups in total.